The standard InChI is InChI=1S/C24H17F2N7O3S/c1-36-18-12-27-17(22(25)26)9-15(18)14-10-19(33-21(34)3-2-8-29-33)28-11-16(14)23(35)30-24-32-31-20(37-24)7-6-13-4-5-13/h2-3,8-13,22H,4-5H2,1H3,(H,30,32,35). The van der Waals surface area contributed by atoms with Crippen molar-refractivity contribution in [3.63, 3.8) is 0 Å². The lowest BCUT2D eigenvalue weighted by atomic mass is 10.00. The van der Waals surface area contributed by atoms with Gasteiger partial charge in [0.1, 0.15) is 11.4 Å². The van der Waals surface area contributed by atoms with Gasteiger partial charge in [-0.05, 0) is 37.0 Å². The van der Waals surface area contributed by atoms with Gasteiger partial charge in [0.2, 0.25) is 5.13 Å². The second kappa shape index (κ2) is 10.2. The van der Waals surface area contributed by atoms with E-state index in [0.29, 0.717) is 10.9 Å². The van der Waals surface area contributed by atoms with Crippen LogP contribution in [0.1, 0.15) is 40.3 Å². The van der Waals surface area contributed by atoms with E-state index in [4.69, 9.17) is 4.74 Å². The van der Waals surface area contributed by atoms with E-state index in [1.807, 2.05) is 0 Å². The van der Waals surface area contributed by atoms with Gasteiger partial charge in [0, 0.05) is 35.5 Å². The molecule has 0 spiro atoms. The summed E-state index contributed by atoms with van der Waals surface area (Å²) >= 11 is 1.11. The number of anilines is 1. The summed E-state index contributed by atoms with van der Waals surface area (Å²) in [5.41, 5.74) is -0.656. The SMILES string of the molecule is COc1cnc(C(F)F)cc1-c1cc(-n2ncccc2=O)ncc1C(=O)Nc1nnc(C#CC2CC2)s1. The third-order valence-electron chi connectivity index (χ3n) is 5.30. The van der Waals surface area contributed by atoms with Crippen LogP contribution >= 0.6 is 11.3 Å². The van der Waals surface area contributed by atoms with E-state index in [9.17, 15) is 18.4 Å². The molecule has 1 aliphatic carbocycles. The summed E-state index contributed by atoms with van der Waals surface area (Å²) in [6, 6.07) is 5.27. The van der Waals surface area contributed by atoms with E-state index < -0.39 is 23.6 Å². The second-order valence-corrected chi connectivity index (χ2v) is 8.86. The van der Waals surface area contributed by atoms with Gasteiger partial charge < -0.3 is 4.74 Å². The number of ether oxygens (including phenoxy) is 1. The van der Waals surface area contributed by atoms with Crippen molar-refractivity contribution in [2.75, 3.05) is 12.4 Å². The number of aromatic nitrogens is 6. The Kier molecular flexibility index (Phi) is 6.65. The fourth-order valence-electron chi connectivity index (χ4n) is 3.33. The van der Waals surface area contributed by atoms with Crippen LogP contribution in [0.15, 0.2) is 47.7 Å². The summed E-state index contributed by atoms with van der Waals surface area (Å²) in [6.07, 6.45) is 3.02. The molecule has 0 radical (unpaired) electrons. The number of carbonyl (C=O) groups is 1. The number of pyridine rings is 2. The molecule has 10 nitrogen and oxygen atoms in total. The molecule has 0 bridgehead atoms. The number of nitrogens with one attached hydrogen (secondary N) is 1. The summed E-state index contributed by atoms with van der Waals surface area (Å²) in [4.78, 5) is 33.5. The van der Waals surface area contributed by atoms with Crippen molar-refractivity contribution in [2.24, 2.45) is 5.92 Å². The van der Waals surface area contributed by atoms with Crippen molar-refractivity contribution in [3.8, 4) is 34.5 Å². The molecule has 13 heteroatoms. The first-order valence-corrected chi connectivity index (χ1v) is 11.8. The van der Waals surface area contributed by atoms with Crippen LogP contribution in [0.3, 0.4) is 0 Å². The minimum atomic E-state index is -2.86. The zero-order valence-electron chi connectivity index (χ0n) is 19.2. The van der Waals surface area contributed by atoms with E-state index in [1.165, 1.54) is 37.7 Å². The first-order chi connectivity index (χ1) is 17.9. The van der Waals surface area contributed by atoms with Crippen LogP contribution in [-0.4, -0.2) is 43.0 Å². The third-order valence-corrected chi connectivity index (χ3v) is 6.05. The Morgan fingerprint density at radius 3 is 2.78 bits per heavy atom. The molecule has 37 heavy (non-hydrogen) atoms. The normalized spacial score (nSPS) is 12.6. The van der Waals surface area contributed by atoms with Crippen LogP contribution in [0.5, 0.6) is 5.75 Å². The van der Waals surface area contributed by atoms with Gasteiger partial charge >= 0.3 is 0 Å². The maximum Gasteiger partial charge on any atom is 0.280 e. The molecule has 0 saturated heterocycles. The maximum atomic E-state index is 13.5. The molecule has 1 amide bonds. The van der Waals surface area contributed by atoms with Crippen LogP contribution in [0.25, 0.3) is 16.9 Å². The molecule has 0 atom stereocenters. The van der Waals surface area contributed by atoms with Crippen molar-refractivity contribution in [2.45, 2.75) is 19.3 Å². The fraction of sp³-hybridized carbons (Fsp3) is 0.208. The molecule has 1 N–H and O–H groups in total. The first-order valence-electron chi connectivity index (χ1n) is 11.0. The zero-order chi connectivity index (χ0) is 25.9. The summed E-state index contributed by atoms with van der Waals surface area (Å²) in [5.74, 6) is 5.98. The number of carbonyl (C=O) groups excluding carboxylic acids is 1. The predicted molar refractivity (Wildman–Crippen MR) is 130 cm³/mol. The molecule has 4 heterocycles. The Morgan fingerprint density at radius 2 is 2.05 bits per heavy atom. The lowest BCUT2D eigenvalue weighted by Gasteiger charge is -2.15. The van der Waals surface area contributed by atoms with E-state index in [2.05, 4.69) is 42.4 Å². The number of halogens is 2. The Morgan fingerprint density at radius 1 is 1.22 bits per heavy atom. The Hall–Kier alpha value is -4.57. The minimum absolute atomic E-state index is 0.0123. The van der Waals surface area contributed by atoms with Crippen LogP contribution in [0.4, 0.5) is 13.9 Å². The number of rotatable bonds is 6. The molecule has 0 unspecified atom stereocenters. The number of amides is 1. The monoisotopic (exact) mass is 521 g/mol. The molecular weight excluding hydrogens is 504 g/mol. The maximum absolute atomic E-state index is 13.5. The van der Waals surface area contributed by atoms with Crippen LogP contribution in [0.2, 0.25) is 0 Å². The summed E-state index contributed by atoms with van der Waals surface area (Å²) in [7, 11) is 1.35. The molecule has 5 rings (SSSR count). The lowest BCUT2D eigenvalue weighted by Crippen LogP contribution is -2.21. The summed E-state index contributed by atoms with van der Waals surface area (Å²) < 4.78 is 33.3. The highest BCUT2D eigenvalue weighted by Gasteiger charge is 2.22. The lowest BCUT2D eigenvalue weighted by molar-refractivity contribution is 0.102. The molecule has 1 saturated carbocycles. The van der Waals surface area contributed by atoms with Crippen molar-refractivity contribution in [3.05, 3.63) is 69.5 Å². The van der Waals surface area contributed by atoms with Gasteiger partial charge in [0.15, 0.2) is 10.8 Å². The van der Waals surface area contributed by atoms with Crippen LogP contribution in [-0.2, 0) is 0 Å². The highest BCUT2D eigenvalue weighted by atomic mass is 32.1. The van der Waals surface area contributed by atoms with E-state index >= 15 is 0 Å². The van der Waals surface area contributed by atoms with Gasteiger partial charge in [0.25, 0.3) is 17.9 Å². The van der Waals surface area contributed by atoms with Gasteiger partial charge in [-0.3, -0.25) is 19.9 Å². The van der Waals surface area contributed by atoms with E-state index in [1.54, 1.807) is 0 Å². The topological polar surface area (TPSA) is 125 Å². The summed E-state index contributed by atoms with van der Waals surface area (Å²) in [5, 5.41) is 15.2. The highest BCUT2D eigenvalue weighted by molar-refractivity contribution is 7.15. The van der Waals surface area contributed by atoms with Gasteiger partial charge in [-0.2, -0.15) is 9.78 Å². The molecule has 1 aliphatic rings. The van der Waals surface area contributed by atoms with Crippen LogP contribution < -0.4 is 15.6 Å². The third kappa shape index (κ3) is 5.34. The minimum Gasteiger partial charge on any atom is -0.494 e. The average molecular weight is 522 g/mol. The van der Waals surface area contributed by atoms with Gasteiger partial charge in [0.05, 0.1) is 18.9 Å². The molecule has 4 aromatic heterocycles. The highest BCUT2D eigenvalue weighted by Crippen LogP contribution is 2.35. The average Bonchev–Trinajstić information content (AvgIpc) is 3.64. The van der Waals surface area contributed by atoms with Crippen molar-refractivity contribution in [1.29, 1.82) is 0 Å². The molecule has 0 aromatic carbocycles. The first kappa shape index (κ1) is 24.1. The molecule has 0 aliphatic heterocycles. The van der Waals surface area contributed by atoms with E-state index in [0.717, 1.165) is 41.1 Å². The Bertz CT molecular complexity index is 1610. The number of alkyl halides is 2. The summed E-state index contributed by atoms with van der Waals surface area (Å²) in [6.45, 7) is 0. The Balaban J connectivity index is 1.58. The smallest absolute Gasteiger partial charge is 0.280 e. The second-order valence-electron chi connectivity index (χ2n) is 7.88. The molecule has 1 fully saturated rings. The fourth-order valence-corrected chi connectivity index (χ4v) is 3.93. The number of hydrogen-bond donors (Lipinski definition) is 1. The number of hydrogen-bond acceptors (Lipinski definition) is 9. The number of methoxy groups -OCH3 is 1. The van der Waals surface area contributed by atoms with Gasteiger partial charge in [-0.1, -0.05) is 17.3 Å². The van der Waals surface area contributed by atoms with Crippen molar-refractivity contribution in [1.82, 2.24) is 29.9 Å². The van der Waals surface area contributed by atoms with Crippen LogP contribution in [0, 0.1) is 17.8 Å². The predicted octanol–water partition coefficient (Wildman–Crippen LogP) is 3.50. The van der Waals surface area contributed by atoms with Gasteiger partial charge in [-0.25, -0.2) is 13.8 Å². The molecule has 186 valence electrons. The van der Waals surface area contributed by atoms with Gasteiger partial charge in [-0.15, -0.1) is 10.2 Å². The van der Waals surface area contributed by atoms with Crippen molar-refractivity contribution < 1.29 is 18.3 Å². The number of nitrogens with zero attached hydrogens (tertiary/aromatic N) is 6. The van der Waals surface area contributed by atoms with Crippen molar-refractivity contribution >= 4 is 22.4 Å². The molecule has 4 aromatic rings. The Labute approximate surface area is 212 Å². The quantitative estimate of drug-likeness (QED) is 0.382. The zero-order valence-corrected chi connectivity index (χ0v) is 20.0. The largest absolute Gasteiger partial charge is 0.494 e. The molecular formula is C24H17F2N7O3S. The van der Waals surface area contributed by atoms with E-state index in [-0.39, 0.29) is 33.4 Å².